The minimum absolute atomic E-state index is 0.149. The summed E-state index contributed by atoms with van der Waals surface area (Å²) >= 11 is 7.40. The number of methoxy groups -OCH3 is 1. The van der Waals surface area contributed by atoms with Crippen LogP contribution in [0.5, 0.6) is 5.75 Å². The first-order valence-electron chi connectivity index (χ1n) is 7.54. The normalized spacial score (nSPS) is 10.3. The number of para-hydroxylation sites is 2. The van der Waals surface area contributed by atoms with Gasteiger partial charge in [0.1, 0.15) is 5.75 Å². The minimum atomic E-state index is -0.149. The van der Waals surface area contributed by atoms with E-state index >= 15 is 0 Å². The van der Waals surface area contributed by atoms with Gasteiger partial charge in [0.05, 0.1) is 24.9 Å². The molecule has 128 valence electrons. The van der Waals surface area contributed by atoms with Crippen LogP contribution in [-0.4, -0.2) is 18.0 Å². The quantitative estimate of drug-likeness (QED) is 0.655. The first-order valence-corrected chi connectivity index (χ1v) is 8.79. The van der Waals surface area contributed by atoms with Crippen molar-refractivity contribution >= 4 is 45.4 Å². The zero-order valence-electron chi connectivity index (χ0n) is 13.5. The predicted octanol–water partition coefficient (Wildman–Crippen LogP) is 4.73. The molecular formula is C18H16ClN3O2S. The number of amides is 1. The Balaban J connectivity index is 1.62. The van der Waals surface area contributed by atoms with Gasteiger partial charge in [-0.25, -0.2) is 4.98 Å². The van der Waals surface area contributed by atoms with Crippen molar-refractivity contribution in [1.29, 1.82) is 0 Å². The second-order valence-electron chi connectivity index (χ2n) is 5.20. The van der Waals surface area contributed by atoms with Crippen LogP contribution in [0.15, 0.2) is 53.9 Å². The fraction of sp³-hybridized carbons (Fsp3) is 0.111. The first-order chi connectivity index (χ1) is 12.1. The SMILES string of the molecule is COc1ccccc1NC(=O)Cc1csc(Nc2cccc(Cl)c2)n1. The Morgan fingerprint density at radius 1 is 1.24 bits per heavy atom. The number of nitrogens with zero attached hydrogens (tertiary/aromatic N) is 1. The van der Waals surface area contributed by atoms with Crippen molar-refractivity contribution in [1.82, 2.24) is 4.98 Å². The monoisotopic (exact) mass is 373 g/mol. The lowest BCUT2D eigenvalue weighted by Crippen LogP contribution is -2.15. The number of carbonyl (C=O) groups is 1. The summed E-state index contributed by atoms with van der Waals surface area (Å²) < 4.78 is 5.23. The van der Waals surface area contributed by atoms with Gasteiger partial charge in [-0.2, -0.15) is 0 Å². The second kappa shape index (κ2) is 8.00. The maximum Gasteiger partial charge on any atom is 0.230 e. The fourth-order valence-electron chi connectivity index (χ4n) is 2.24. The van der Waals surface area contributed by atoms with Crippen molar-refractivity contribution in [2.45, 2.75) is 6.42 Å². The van der Waals surface area contributed by atoms with Crippen LogP contribution in [0.4, 0.5) is 16.5 Å². The highest BCUT2D eigenvalue weighted by Gasteiger charge is 2.10. The van der Waals surface area contributed by atoms with Crippen molar-refractivity contribution in [2.75, 3.05) is 17.7 Å². The first kappa shape index (κ1) is 17.3. The number of halogens is 1. The largest absolute Gasteiger partial charge is 0.495 e. The van der Waals surface area contributed by atoms with E-state index in [-0.39, 0.29) is 12.3 Å². The zero-order chi connectivity index (χ0) is 17.6. The molecule has 3 rings (SSSR count). The molecule has 1 amide bonds. The van der Waals surface area contributed by atoms with E-state index in [9.17, 15) is 4.79 Å². The number of nitrogens with one attached hydrogen (secondary N) is 2. The summed E-state index contributed by atoms with van der Waals surface area (Å²) in [5.74, 6) is 0.474. The van der Waals surface area contributed by atoms with Crippen molar-refractivity contribution in [3.8, 4) is 5.75 Å². The van der Waals surface area contributed by atoms with Crippen molar-refractivity contribution in [3.63, 3.8) is 0 Å². The van der Waals surface area contributed by atoms with E-state index in [1.165, 1.54) is 11.3 Å². The Kier molecular flexibility index (Phi) is 5.53. The molecule has 0 atom stereocenters. The predicted molar refractivity (Wildman–Crippen MR) is 102 cm³/mol. The molecule has 1 aromatic heterocycles. The lowest BCUT2D eigenvalue weighted by molar-refractivity contribution is -0.115. The Hall–Kier alpha value is -2.57. The van der Waals surface area contributed by atoms with Crippen molar-refractivity contribution in [2.24, 2.45) is 0 Å². The Bertz CT molecular complexity index is 882. The fourth-order valence-corrected chi connectivity index (χ4v) is 3.16. The number of anilines is 3. The molecule has 0 saturated carbocycles. The maximum absolute atomic E-state index is 12.2. The molecule has 0 aliphatic rings. The van der Waals surface area contributed by atoms with Crippen LogP contribution in [0, 0.1) is 0 Å². The van der Waals surface area contributed by atoms with Crippen LogP contribution in [0.1, 0.15) is 5.69 Å². The van der Waals surface area contributed by atoms with Gasteiger partial charge in [0.25, 0.3) is 0 Å². The molecule has 5 nitrogen and oxygen atoms in total. The summed E-state index contributed by atoms with van der Waals surface area (Å²) in [7, 11) is 1.57. The highest BCUT2D eigenvalue weighted by molar-refractivity contribution is 7.13. The lowest BCUT2D eigenvalue weighted by atomic mass is 10.2. The average Bonchev–Trinajstić information content (AvgIpc) is 3.02. The number of benzene rings is 2. The van der Waals surface area contributed by atoms with Gasteiger partial charge in [0.2, 0.25) is 5.91 Å². The molecule has 0 bridgehead atoms. The molecule has 0 aliphatic heterocycles. The molecule has 2 aromatic carbocycles. The molecule has 0 aliphatic carbocycles. The number of hydrogen-bond acceptors (Lipinski definition) is 5. The van der Waals surface area contributed by atoms with Gasteiger partial charge in [0, 0.05) is 16.1 Å². The second-order valence-corrected chi connectivity index (χ2v) is 6.50. The third kappa shape index (κ3) is 4.71. The molecule has 2 N–H and O–H groups in total. The summed E-state index contributed by atoms with van der Waals surface area (Å²) in [6.45, 7) is 0. The Morgan fingerprint density at radius 3 is 2.88 bits per heavy atom. The van der Waals surface area contributed by atoms with Crippen LogP contribution in [0.2, 0.25) is 5.02 Å². The third-order valence-electron chi connectivity index (χ3n) is 3.35. The molecule has 3 aromatic rings. The van der Waals surface area contributed by atoms with E-state index in [4.69, 9.17) is 16.3 Å². The van der Waals surface area contributed by atoms with Crippen LogP contribution >= 0.6 is 22.9 Å². The van der Waals surface area contributed by atoms with E-state index < -0.39 is 0 Å². The number of rotatable bonds is 6. The summed E-state index contributed by atoms with van der Waals surface area (Å²) in [4.78, 5) is 16.7. The van der Waals surface area contributed by atoms with Crippen LogP contribution in [0.3, 0.4) is 0 Å². The number of aromatic nitrogens is 1. The van der Waals surface area contributed by atoms with E-state index in [1.54, 1.807) is 19.2 Å². The summed E-state index contributed by atoms with van der Waals surface area (Å²) in [6, 6.07) is 14.7. The van der Waals surface area contributed by atoms with Gasteiger partial charge in [-0.1, -0.05) is 29.8 Å². The molecule has 25 heavy (non-hydrogen) atoms. The van der Waals surface area contributed by atoms with E-state index in [1.807, 2.05) is 41.8 Å². The van der Waals surface area contributed by atoms with Crippen molar-refractivity contribution in [3.05, 3.63) is 64.6 Å². The van der Waals surface area contributed by atoms with Crippen LogP contribution in [-0.2, 0) is 11.2 Å². The molecule has 7 heteroatoms. The van der Waals surface area contributed by atoms with Gasteiger partial charge >= 0.3 is 0 Å². The lowest BCUT2D eigenvalue weighted by Gasteiger charge is -2.09. The van der Waals surface area contributed by atoms with E-state index in [2.05, 4.69) is 15.6 Å². The molecular weight excluding hydrogens is 358 g/mol. The molecule has 0 unspecified atom stereocenters. The van der Waals surface area contributed by atoms with Crippen LogP contribution in [0.25, 0.3) is 0 Å². The molecule has 0 fully saturated rings. The number of hydrogen-bond donors (Lipinski definition) is 2. The number of thiazole rings is 1. The minimum Gasteiger partial charge on any atom is -0.495 e. The number of carbonyl (C=O) groups excluding carboxylic acids is 1. The Labute approximate surface area is 154 Å². The maximum atomic E-state index is 12.2. The van der Waals surface area contributed by atoms with Gasteiger partial charge in [-0.15, -0.1) is 11.3 Å². The average molecular weight is 374 g/mol. The Morgan fingerprint density at radius 2 is 2.08 bits per heavy atom. The van der Waals surface area contributed by atoms with E-state index in [0.717, 1.165) is 5.69 Å². The smallest absolute Gasteiger partial charge is 0.230 e. The summed E-state index contributed by atoms with van der Waals surface area (Å²) in [5.41, 5.74) is 2.19. The number of ether oxygens (including phenoxy) is 1. The zero-order valence-corrected chi connectivity index (χ0v) is 15.0. The standard InChI is InChI=1S/C18H16ClN3O2S/c1-24-16-8-3-2-7-15(16)22-17(23)10-14-11-25-18(21-14)20-13-6-4-5-12(19)9-13/h2-9,11H,10H2,1H3,(H,20,21)(H,22,23). The highest BCUT2D eigenvalue weighted by Crippen LogP contribution is 2.25. The summed E-state index contributed by atoms with van der Waals surface area (Å²) in [5, 5.41) is 9.23. The van der Waals surface area contributed by atoms with Crippen LogP contribution < -0.4 is 15.4 Å². The topological polar surface area (TPSA) is 63.2 Å². The molecule has 1 heterocycles. The highest BCUT2D eigenvalue weighted by atomic mass is 35.5. The van der Waals surface area contributed by atoms with E-state index in [0.29, 0.717) is 27.3 Å². The molecule has 0 spiro atoms. The molecule has 0 radical (unpaired) electrons. The van der Waals surface area contributed by atoms with Gasteiger partial charge in [0.15, 0.2) is 5.13 Å². The molecule has 0 saturated heterocycles. The third-order valence-corrected chi connectivity index (χ3v) is 4.39. The summed E-state index contributed by atoms with van der Waals surface area (Å²) in [6.07, 6.45) is 0.186. The van der Waals surface area contributed by atoms with Gasteiger partial charge in [-0.3, -0.25) is 4.79 Å². The van der Waals surface area contributed by atoms with Gasteiger partial charge in [-0.05, 0) is 30.3 Å². The van der Waals surface area contributed by atoms with Gasteiger partial charge < -0.3 is 15.4 Å². The van der Waals surface area contributed by atoms with Crippen molar-refractivity contribution < 1.29 is 9.53 Å².